The van der Waals surface area contributed by atoms with Crippen LogP contribution in [0.25, 0.3) is 21.5 Å². The van der Waals surface area contributed by atoms with E-state index in [2.05, 4.69) is 0 Å². The van der Waals surface area contributed by atoms with Gasteiger partial charge in [0.15, 0.2) is 6.29 Å². The Kier molecular flexibility index (Phi) is 9.14. The molecular weight excluding hydrogens is 604 g/mol. The molecule has 1 fully saturated rings. The van der Waals surface area contributed by atoms with Crippen molar-refractivity contribution in [2.45, 2.75) is 117 Å². The molecule has 5 rings (SSSR count). The first kappa shape index (κ1) is 35.3. The average Bonchev–Trinajstić information content (AvgIpc) is 3.01. The molecule has 0 amide bonds. The summed E-state index contributed by atoms with van der Waals surface area (Å²) in [6, 6.07) is 0. The Labute approximate surface area is 276 Å². The Bertz CT molecular complexity index is 1760. The average molecular weight is 655 g/mol. The van der Waals surface area contributed by atoms with Crippen LogP contribution in [0.2, 0.25) is 0 Å². The largest absolute Gasteiger partial charge is 0.507 e. The second-order valence-electron chi connectivity index (χ2n) is 13.8. The Balaban J connectivity index is 1.86. The van der Waals surface area contributed by atoms with Gasteiger partial charge in [-0.2, -0.15) is 0 Å². The summed E-state index contributed by atoms with van der Waals surface area (Å²) in [5.74, 6) is -1.67. The summed E-state index contributed by atoms with van der Waals surface area (Å²) in [6.45, 7) is 16.9. The molecule has 0 aromatic heterocycles. The van der Waals surface area contributed by atoms with Crippen LogP contribution in [-0.2, 0) is 33.2 Å². The lowest BCUT2D eigenvalue weighted by atomic mass is 9.67. The fraction of sp³-hybridized carbons (Fsp3) is 0.595. The van der Waals surface area contributed by atoms with E-state index in [1.54, 1.807) is 35.2 Å². The molecule has 1 heterocycles. The lowest BCUT2D eigenvalue weighted by Crippen LogP contribution is -2.66. The molecule has 0 spiro atoms. The van der Waals surface area contributed by atoms with E-state index in [1.807, 2.05) is 48.5 Å². The zero-order chi connectivity index (χ0) is 35.1. The number of hydrogen-bond donors (Lipinski definition) is 3. The molecule has 47 heavy (non-hydrogen) atoms. The van der Waals surface area contributed by atoms with Gasteiger partial charge in [-0.1, -0.05) is 0 Å². The molecule has 3 aromatic carbocycles. The van der Waals surface area contributed by atoms with Gasteiger partial charge in [-0.05, 0) is 107 Å². The number of phenols is 2. The highest BCUT2D eigenvalue weighted by atomic mass is 16.7. The van der Waals surface area contributed by atoms with E-state index in [0.29, 0.717) is 43.8 Å². The number of benzene rings is 3. The van der Waals surface area contributed by atoms with Crippen LogP contribution in [0.15, 0.2) is 0 Å². The van der Waals surface area contributed by atoms with Gasteiger partial charge in [0.05, 0.1) is 24.9 Å². The first-order chi connectivity index (χ1) is 21.9. The Morgan fingerprint density at radius 3 is 1.66 bits per heavy atom. The topological polar surface area (TPSA) is 133 Å². The summed E-state index contributed by atoms with van der Waals surface area (Å²) in [5.41, 5.74) is 3.46. The third-order valence-electron chi connectivity index (χ3n) is 11.4. The number of aliphatic hydroxyl groups is 1. The first-order valence-corrected chi connectivity index (χ1v) is 16.1. The number of aryl methyl sites for hydroxylation is 4. The normalized spacial score (nSPS) is 30.9. The molecule has 3 aromatic rings. The van der Waals surface area contributed by atoms with E-state index in [0.717, 1.165) is 22.3 Å². The smallest absolute Gasteiger partial charge is 0.316 e. The molecule has 1 aliphatic heterocycles. The number of carbonyl (C=O) groups is 1. The molecule has 8 atom stereocenters. The third-order valence-corrected chi connectivity index (χ3v) is 11.4. The molecule has 8 unspecified atom stereocenters. The fourth-order valence-electron chi connectivity index (χ4n) is 8.61. The number of hydrogen-bond acceptors (Lipinski definition) is 10. The van der Waals surface area contributed by atoms with Gasteiger partial charge in [0.1, 0.15) is 35.2 Å². The fourth-order valence-corrected chi connectivity index (χ4v) is 8.61. The molecule has 258 valence electrons. The van der Waals surface area contributed by atoms with Crippen LogP contribution < -0.4 is 0 Å². The number of methoxy groups -OCH3 is 4. The molecule has 0 bridgehead atoms. The molecule has 0 radical (unpaired) electrons. The van der Waals surface area contributed by atoms with Gasteiger partial charge in [0.25, 0.3) is 0 Å². The predicted octanol–water partition coefficient (Wildman–Crippen LogP) is 5.90. The zero-order valence-electron chi connectivity index (χ0n) is 29.9. The third kappa shape index (κ3) is 4.94. The van der Waals surface area contributed by atoms with Gasteiger partial charge in [-0.3, -0.25) is 4.79 Å². The Morgan fingerprint density at radius 1 is 0.745 bits per heavy atom. The maximum Gasteiger partial charge on any atom is 0.316 e. The van der Waals surface area contributed by atoms with Crippen molar-refractivity contribution in [1.82, 2.24) is 0 Å². The number of rotatable bonds is 6. The van der Waals surface area contributed by atoms with Gasteiger partial charge in [-0.15, -0.1) is 0 Å². The lowest BCUT2D eigenvalue weighted by Gasteiger charge is -2.51. The van der Waals surface area contributed by atoms with Crippen LogP contribution in [0.1, 0.15) is 83.7 Å². The van der Waals surface area contributed by atoms with Crippen molar-refractivity contribution in [3.63, 3.8) is 0 Å². The summed E-state index contributed by atoms with van der Waals surface area (Å²) in [5, 5.41) is 38.2. The van der Waals surface area contributed by atoms with E-state index in [9.17, 15) is 20.1 Å². The van der Waals surface area contributed by atoms with Gasteiger partial charge in [0, 0.05) is 49.3 Å². The van der Waals surface area contributed by atoms with Gasteiger partial charge in [-0.25, -0.2) is 0 Å². The SMILES string of the molecule is COC(=O)C1c2c(c(C)c3c(O)c4c(C)c(C)c(C)c(C)c4c(O)c3c2C)C(OC2OC(C)C(OC)C(C)(OC)C2OC)CC1(C)O. The van der Waals surface area contributed by atoms with Crippen molar-refractivity contribution in [2.75, 3.05) is 28.4 Å². The maximum atomic E-state index is 13.5. The molecule has 1 aliphatic carbocycles. The van der Waals surface area contributed by atoms with E-state index >= 15 is 0 Å². The summed E-state index contributed by atoms with van der Waals surface area (Å²) >= 11 is 0. The van der Waals surface area contributed by atoms with Crippen LogP contribution in [0.5, 0.6) is 11.5 Å². The highest BCUT2D eigenvalue weighted by Gasteiger charge is 2.57. The first-order valence-electron chi connectivity index (χ1n) is 16.1. The van der Waals surface area contributed by atoms with E-state index in [4.69, 9.17) is 28.4 Å². The minimum Gasteiger partial charge on any atom is -0.507 e. The second kappa shape index (κ2) is 12.2. The summed E-state index contributed by atoms with van der Waals surface area (Å²) < 4.78 is 36.1. The van der Waals surface area contributed by atoms with Crippen molar-refractivity contribution in [1.29, 1.82) is 0 Å². The molecule has 2 aliphatic rings. The van der Waals surface area contributed by atoms with Crippen LogP contribution >= 0.6 is 0 Å². The highest BCUT2D eigenvalue weighted by molar-refractivity contribution is 6.16. The predicted molar refractivity (Wildman–Crippen MR) is 178 cm³/mol. The number of fused-ring (bicyclic) bond motifs is 3. The van der Waals surface area contributed by atoms with Gasteiger partial charge >= 0.3 is 5.97 Å². The molecule has 0 saturated carbocycles. The molecular formula is C37H50O10. The van der Waals surface area contributed by atoms with Crippen LogP contribution in [0.4, 0.5) is 0 Å². The Morgan fingerprint density at radius 2 is 1.21 bits per heavy atom. The minimum absolute atomic E-state index is 0.00436. The van der Waals surface area contributed by atoms with Gasteiger partial charge < -0.3 is 43.7 Å². The van der Waals surface area contributed by atoms with Crippen molar-refractivity contribution < 1.29 is 48.5 Å². The quantitative estimate of drug-likeness (QED) is 0.168. The zero-order valence-corrected chi connectivity index (χ0v) is 29.9. The maximum absolute atomic E-state index is 13.5. The van der Waals surface area contributed by atoms with Crippen molar-refractivity contribution >= 4 is 27.5 Å². The number of carbonyl (C=O) groups excluding carboxylic acids is 1. The number of aromatic hydroxyl groups is 2. The highest BCUT2D eigenvalue weighted by Crippen LogP contribution is 2.56. The Hall–Kier alpha value is -2.99. The van der Waals surface area contributed by atoms with Crippen molar-refractivity contribution in [2.24, 2.45) is 0 Å². The minimum atomic E-state index is -1.62. The lowest BCUT2D eigenvalue weighted by molar-refractivity contribution is -0.345. The molecule has 1 saturated heterocycles. The number of phenolic OH excluding ortho intramolecular Hbond substituents is 2. The van der Waals surface area contributed by atoms with Crippen molar-refractivity contribution in [3.05, 3.63) is 44.5 Å². The molecule has 3 N–H and O–H groups in total. The van der Waals surface area contributed by atoms with E-state index < -0.39 is 53.8 Å². The summed E-state index contributed by atoms with van der Waals surface area (Å²) in [7, 11) is 6.01. The standard InChI is InChI=1S/C37H50O10/c1-15-16(2)18(4)26-25(17(15)3)30(38)27-19(5)23-22(47-35-33(43-11)37(9,45-13)32(42-10)21(7)46-35)14-36(8,41)29(34(40)44-12)24(23)20(6)28(27)31(26)39/h21-22,29,32-33,35,38-39,41H,14H2,1-13H3. The summed E-state index contributed by atoms with van der Waals surface area (Å²) in [6.07, 6.45) is -3.43. The number of ether oxygens (including phenoxy) is 6. The van der Waals surface area contributed by atoms with E-state index in [-0.39, 0.29) is 17.9 Å². The van der Waals surface area contributed by atoms with Gasteiger partial charge in [0.2, 0.25) is 0 Å². The summed E-state index contributed by atoms with van der Waals surface area (Å²) in [4.78, 5) is 13.5. The molecule has 10 nitrogen and oxygen atoms in total. The van der Waals surface area contributed by atoms with E-state index in [1.165, 1.54) is 7.11 Å². The second-order valence-corrected chi connectivity index (χ2v) is 13.8. The van der Waals surface area contributed by atoms with Crippen molar-refractivity contribution in [3.8, 4) is 11.5 Å². The number of esters is 1. The monoisotopic (exact) mass is 654 g/mol. The van der Waals surface area contributed by atoms with Crippen LogP contribution in [-0.4, -0.2) is 85.5 Å². The molecule has 10 heteroatoms. The van der Waals surface area contributed by atoms with Crippen LogP contribution in [0.3, 0.4) is 0 Å². The van der Waals surface area contributed by atoms with Crippen LogP contribution in [0, 0.1) is 41.5 Å².